The van der Waals surface area contributed by atoms with Crippen molar-refractivity contribution in [1.82, 2.24) is 0 Å². The second-order valence-electron chi connectivity index (χ2n) is 9.11. The van der Waals surface area contributed by atoms with Crippen LogP contribution in [0.15, 0.2) is 88.1 Å². The van der Waals surface area contributed by atoms with Crippen molar-refractivity contribution in [2.24, 2.45) is 0 Å². The fourth-order valence-electron chi connectivity index (χ4n) is 4.27. The van der Waals surface area contributed by atoms with Gasteiger partial charge in [-0.15, -0.1) is 0 Å². The van der Waals surface area contributed by atoms with E-state index in [-0.39, 0.29) is 11.0 Å². The first-order valence-corrected chi connectivity index (χ1v) is 10.6. The van der Waals surface area contributed by atoms with Gasteiger partial charge in [0.1, 0.15) is 5.58 Å². The van der Waals surface area contributed by atoms with Crippen molar-refractivity contribution >= 4 is 28.0 Å². The largest absolute Gasteiger partial charge is 0.422 e. The molecule has 1 aliphatic rings. The van der Waals surface area contributed by atoms with Crippen LogP contribution in [-0.4, -0.2) is 6.67 Å². The van der Waals surface area contributed by atoms with Crippen LogP contribution in [0.3, 0.4) is 0 Å². The first kappa shape index (κ1) is 19.4. The van der Waals surface area contributed by atoms with Crippen molar-refractivity contribution in [3.8, 4) is 0 Å². The van der Waals surface area contributed by atoms with Crippen LogP contribution >= 0.6 is 0 Å². The predicted molar refractivity (Wildman–Crippen MR) is 127 cm³/mol. The molecule has 2 heterocycles. The first-order chi connectivity index (χ1) is 14.9. The van der Waals surface area contributed by atoms with Crippen molar-refractivity contribution in [3.63, 3.8) is 0 Å². The summed E-state index contributed by atoms with van der Waals surface area (Å²) in [6, 6.07) is 26.7. The van der Waals surface area contributed by atoms with Crippen LogP contribution in [0.5, 0.6) is 0 Å². The molecular formula is C27H26N2O2. The number of anilines is 3. The highest BCUT2D eigenvalue weighted by Crippen LogP contribution is 2.39. The molecule has 0 unspecified atom stereocenters. The van der Waals surface area contributed by atoms with E-state index in [9.17, 15) is 4.79 Å². The van der Waals surface area contributed by atoms with E-state index in [4.69, 9.17) is 4.42 Å². The predicted octanol–water partition coefficient (Wildman–Crippen LogP) is 6.21. The first-order valence-electron chi connectivity index (χ1n) is 10.6. The van der Waals surface area contributed by atoms with Gasteiger partial charge in [0, 0.05) is 16.8 Å². The highest BCUT2D eigenvalue weighted by atomic mass is 16.4. The lowest BCUT2D eigenvalue weighted by Crippen LogP contribution is -2.42. The normalized spacial score (nSPS) is 14.0. The van der Waals surface area contributed by atoms with Gasteiger partial charge in [0.2, 0.25) is 0 Å². The van der Waals surface area contributed by atoms with Crippen LogP contribution in [0.25, 0.3) is 11.0 Å². The molecule has 156 valence electrons. The Hall–Kier alpha value is -3.53. The molecule has 4 nitrogen and oxygen atoms in total. The molecule has 31 heavy (non-hydrogen) atoms. The maximum absolute atomic E-state index is 13.0. The SMILES string of the molecule is CC(C)(C)c1ccc(N2CN(c3ccccc3)Cc3c2c2ccccc2oc3=O)cc1. The van der Waals surface area contributed by atoms with Crippen molar-refractivity contribution in [1.29, 1.82) is 0 Å². The number of hydrogen-bond acceptors (Lipinski definition) is 4. The van der Waals surface area contributed by atoms with Gasteiger partial charge in [-0.3, -0.25) is 0 Å². The Balaban J connectivity index is 1.70. The minimum absolute atomic E-state index is 0.0855. The van der Waals surface area contributed by atoms with Gasteiger partial charge in [-0.1, -0.05) is 63.2 Å². The van der Waals surface area contributed by atoms with E-state index >= 15 is 0 Å². The van der Waals surface area contributed by atoms with E-state index < -0.39 is 0 Å². The van der Waals surface area contributed by atoms with Crippen LogP contribution < -0.4 is 15.4 Å². The lowest BCUT2D eigenvalue weighted by molar-refractivity contribution is 0.543. The maximum atomic E-state index is 13.0. The monoisotopic (exact) mass is 410 g/mol. The summed E-state index contributed by atoms with van der Waals surface area (Å²) < 4.78 is 5.68. The van der Waals surface area contributed by atoms with Crippen molar-refractivity contribution in [2.75, 3.05) is 16.5 Å². The molecule has 1 aliphatic heterocycles. The van der Waals surface area contributed by atoms with Crippen molar-refractivity contribution < 1.29 is 4.42 Å². The topological polar surface area (TPSA) is 36.7 Å². The molecule has 3 aromatic carbocycles. The Morgan fingerprint density at radius 2 is 1.48 bits per heavy atom. The summed E-state index contributed by atoms with van der Waals surface area (Å²) in [5, 5.41) is 0.963. The highest BCUT2D eigenvalue weighted by molar-refractivity contribution is 5.95. The number of nitrogens with zero attached hydrogens (tertiary/aromatic N) is 2. The summed E-state index contributed by atoms with van der Waals surface area (Å²) in [6.07, 6.45) is 0. The second-order valence-corrected chi connectivity index (χ2v) is 9.11. The van der Waals surface area contributed by atoms with Crippen LogP contribution in [0.4, 0.5) is 17.1 Å². The molecule has 0 radical (unpaired) electrons. The zero-order valence-electron chi connectivity index (χ0n) is 18.1. The smallest absolute Gasteiger partial charge is 0.343 e. The summed E-state index contributed by atoms with van der Waals surface area (Å²) >= 11 is 0. The minimum Gasteiger partial charge on any atom is -0.422 e. The Kier molecular flexibility index (Phi) is 4.58. The molecular weight excluding hydrogens is 384 g/mol. The molecule has 0 aliphatic carbocycles. The average molecular weight is 411 g/mol. The number of rotatable bonds is 2. The molecule has 5 rings (SSSR count). The Morgan fingerprint density at radius 3 is 2.19 bits per heavy atom. The highest BCUT2D eigenvalue weighted by Gasteiger charge is 2.29. The zero-order chi connectivity index (χ0) is 21.6. The molecule has 1 aromatic heterocycles. The van der Waals surface area contributed by atoms with Crippen LogP contribution in [-0.2, 0) is 12.0 Å². The summed E-state index contributed by atoms with van der Waals surface area (Å²) in [5.74, 6) is 0. The van der Waals surface area contributed by atoms with Gasteiger partial charge in [0.25, 0.3) is 0 Å². The Bertz CT molecular complexity index is 1290. The van der Waals surface area contributed by atoms with Gasteiger partial charge >= 0.3 is 5.63 Å². The van der Waals surface area contributed by atoms with Gasteiger partial charge < -0.3 is 14.2 Å². The lowest BCUT2D eigenvalue weighted by atomic mass is 9.87. The van der Waals surface area contributed by atoms with Gasteiger partial charge in [-0.25, -0.2) is 4.79 Å². The van der Waals surface area contributed by atoms with Crippen molar-refractivity contribution in [3.05, 3.63) is 100 Å². The summed E-state index contributed by atoms with van der Waals surface area (Å²) in [4.78, 5) is 17.4. The minimum atomic E-state index is -0.273. The fourth-order valence-corrected chi connectivity index (χ4v) is 4.27. The maximum Gasteiger partial charge on any atom is 0.343 e. The standard InChI is InChI=1S/C27H26N2O2/c1-27(2,3)19-13-15-21(16-14-19)29-18-28(20-9-5-4-6-10-20)17-23-25(29)22-11-7-8-12-24(22)31-26(23)30/h4-16H,17-18H2,1-3H3. The van der Waals surface area contributed by atoms with Crippen LogP contribution in [0.1, 0.15) is 31.9 Å². The van der Waals surface area contributed by atoms with Gasteiger partial charge in [-0.05, 0) is 47.4 Å². The lowest BCUT2D eigenvalue weighted by Gasteiger charge is -2.39. The summed E-state index contributed by atoms with van der Waals surface area (Å²) in [6.45, 7) is 7.82. The van der Waals surface area contributed by atoms with Crippen molar-refractivity contribution in [2.45, 2.75) is 32.7 Å². The molecule has 0 fully saturated rings. The number of hydrogen-bond donors (Lipinski definition) is 0. The molecule has 4 heteroatoms. The third kappa shape index (κ3) is 3.48. The molecule has 0 atom stereocenters. The van der Waals surface area contributed by atoms with Gasteiger partial charge in [0.05, 0.1) is 24.5 Å². The molecule has 0 N–H and O–H groups in total. The fraction of sp³-hybridized carbons (Fsp3) is 0.222. The number of para-hydroxylation sites is 2. The summed E-state index contributed by atoms with van der Waals surface area (Å²) in [5.41, 5.74) is 5.49. The molecule has 4 aromatic rings. The average Bonchev–Trinajstić information content (AvgIpc) is 2.79. The molecule has 0 saturated heterocycles. The summed E-state index contributed by atoms with van der Waals surface area (Å²) in [7, 11) is 0. The third-order valence-corrected chi connectivity index (χ3v) is 5.97. The van der Waals surface area contributed by atoms with Gasteiger partial charge in [-0.2, -0.15) is 0 Å². The number of fused-ring (bicyclic) bond motifs is 3. The number of benzene rings is 3. The third-order valence-electron chi connectivity index (χ3n) is 5.97. The Morgan fingerprint density at radius 1 is 0.806 bits per heavy atom. The molecule has 0 spiro atoms. The molecule has 0 bridgehead atoms. The molecule has 0 amide bonds. The van der Waals surface area contributed by atoms with E-state index in [2.05, 4.69) is 67.0 Å². The quantitative estimate of drug-likeness (QED) is 0.368. The Labute approximate surface area is 182 Å². The van der Waals surface area contributed by atoms with E-state index in [0.29, 0.717) is 24.4 Å². The van der Waals surface area contributed by atoms with E-state index in [1.807, 2.05) is 42.5 Å². The zero-order valence-corrected chi connectivity index (χ0v) is 18.1. The van der Waals surface area contributed by atoms with E-state index in [1.165, 1.54) is 5.56 Å². The van der Waals surface area contributed by atoms with Crippen LogP contribution in [0, 0.1) is 0 Å². The van der Waals surface area contributed by atoms with Gasteiger partial charge in [0.15, 0.2) is 0 Å². The van der Waals surface area contributed by atoms with E-state index in [1.54, 1.807) is 0 Å². The van der Waals surface area contributed by atoms with E-state index in [0.717, 1.165) is 22.4 Å². The van der Waals surface area contributed by atoms with Crippen LogP contribution in [0.2, 0.25) is 0 Å². The molecule has 0 saturated carbocycles. The second kappa shape index (κ2) is 7.31.